The van der Waals surface area contributed by atoms with Crippen molar-refractivity contribution in [1.82, 2.24) is 4.98 Å². The Labute approximate surface area is 168 Å². The molecule has 0 aliphatic carbocycles. The van der Waals surface area contributed by atoms with Crippen LogP contribution in [0.1, 0.15) is 35.4 Å². The third-order valence-corrected chi connectivity index (χ3v) is 5.81. The Balaban J connectivity index is 1.50. The predicted molar refractivity (Wildman–Crippen MR) is 113 cm³/mol. The van der Waals surface area contributed by atoms with Crippen molar-refractivity contribution >= 4 is 16.6 Å². The highest BCUT2D eigenvalue weighted by Gasteiger charge is 2.16. The number of aromatic nitrogens is 1. The maximum atomic E-state index is 12.4. The van der Waals surface area contributed by atoms with E-state index in [9.17, 15) is 9.00 Å². The van der Waals surface area contributed by atoms with E-state index in [1.165, 1.54) is 11.1 Å². The molecule has 0 bridgehead atoms. The lowest BCUT2D eigenvalue weighted by atomic mass is 10.1. The van der Waals surface area contributed by atoms with Gasteiger partial charge in [-0.3, -0.25) is 9.00 Å². The number of ketones is 1. The molecule has 0 amide bonds. The van der Waals surface area contributed by atoms with E-state index in [1.54, 1.807) is 0 Å². The summed E-state index contributed by atoms with van der Waals surface area (Å²) in [5.74, 6) is 1.53. The van der Waals surface area contributed by atoms with Crippen LogP contribution in [-0.2, 0) is 27.8 Å². The summed E-state index contributed by atoms with van der Waals surface area (Å²) in [5, 5.41) is 0. The van der Waals surface area contributed by atoms with E-state index in [4.69, 9.17) is 4.42 Å². The first kappa shape index (κ1) is 20.2. The van der Waals surface area contributed by atoms with Crippen LogP contribution in [0.5, 0.6) is 0 Å². The zero-order valence-corrected chi connectivity index (χ0v) is 17.1. The Kier molecular flexibility index (Phi) is 6.93. The van der Waals surface area contributed by atoms with Crippen molar-refractivity contribution in [2.24, 2.45) is 0 Å². The van der Waals surface area contributed by atoms with Crippen molar-refractivity contribution in [1.29, 1.82) is 0 Å². The number of rotatable bonds is 9. The molecule has 1 aromatic heterocycles. The monoisotopic (exact) mass is 395 g/mol. The molecule has 0 aliphatic heterocycles. The summed E-state index contributed by atoms with van der Waals surface area (Å²) in [6, 6.07) is 18.0. The maximum absolute atomic E-state index is 12.4. The van der Waals surface area contributed by atoms with Gasteiger partial charge in [-0.05, 0) is 44.4 Å². The molecule has 0 N–H and O–H groups in total. The second kappa shape index (κ2) is 9.60. The van der Waals surface area contributed by atoms with Crippen LogP contribution in [0.2, 0.25) is 0 Å². The third-order valence-electron chi connectivity index (χ3n) is 4.57. The number of Topliss-reactive ketones (excluding diaryl/α,β-unsaturated/α-hetero) is 1. The summed E-state index contributed by atoms with van der Waals surface area (Å²) in [7, 11) is -1.28. The third kappa shape index (κ3) is 5.73. The zero-order valence-electron chi connectivity index (χ0n) is 16.3. The summed E-state index contributed by atoms with van der Waals surface area (Å²) < 4.78 is 18.1. The number of carbonyl (C=O) groups excluding carboxylic acids is 1. The average molecular weight is 396 g/mol. The maximum Gasteiger partial charge on any atom is 0.226 e. The molecular formula is C23H25NO3S. The number of hydrogen-bond acceptors (Lipinski definition) is 4. The minimum absolute atomic E-state index is 0.0363. The first-order valence-corrected chi connectivity index (χ1v) is 10.9. The molecule has 1 atom stereocenters. The Morgan fingerprint density at radius 1 is 1.04 bits per heavy atom. The van der Waals surface area contributed by atoms with E-state index in [-0.39, 0.29) is 17.3 Å². The van der Waals surface area contributed by atoms with E-state index in [2.05, 4.69) is 17.1 Å². The minimum atomic E-state index is -1.28. The fraction of sp³-hybridized carbons (Fsp3) is 0.304. The van der Waals surface area contributed by atoms with Crippen LogP contribution < -0.4 is 0 Å². The van der Waals surface area contributed by atoms with Crippen molar-refractivity contribution in [3.05, 3.63) is 77.2 Å². The summed E-state index contributed by atoms with van der Waals surface area (Å²) in [5.41, 5.74) is 3.94. The Morgan fingerprint density at radius 3 is 2.46 bits per heavy atom. The van der Waals surface area contributed by atoms with E-state index in [1.807, 2.05) is 56.3 Å². The fourth-order valence-electron chi connectivity index (χ4n) is 2.97. The van der Waals surface area contributed by atoms with Gasteiger partial charge in [0, 0.05) is 22.8 Å². The van der Waals surface area contributed by atoms with Crippen molar-refractivity contribution in [3.63, 3.8) is 0 Å². The molecule has 0 spiro atoms. The van der Waals surface area contributed by atoms with Gasteiger partial charge in [0.05, 0.1) is 17.2 Å². The Bertz CT molecular complexity index is 946. The van der Waals surface area contributed by atoms with Gasteiger partial charge in [0.25, 0.3) is 0 Å². The lowest BCUT2D eigenvalue weighted by Crippen LogP contribution is -2.12. The molecule has 28 heavy (non-hydrogen) atoms. The van der Waals surface area contributed by atoms with Gasteiger partial charge in [0.15, 0.2) is 0 Å². The van der Waals surface area contributed by atoms with Gasteiger partial charge < -0.3 is 4.42 Å². The zero-order chi connectivity index (χ0) is 19.9. The number of benzene rings is 2. The van der Waals surface area contributed by atoms with Gasteiger partial charge in [0.2, 0.25) is 5.89 Å². The molecule has 3 rings (SSSR count). The van der Waals surface area contributed by atoms with Gasteiger partial charge >= 0.3 is 0 Å². The molecule has 0 aliphatic rings. The number of nitrogens with zero attached hydrogens (tertiary/aromatic N) is 1. The van der Waals surface area contributed by atoms with Crippen molar-refractivity contribution < 1.29 is 13.4 Å². The second-order valence-corrected chi connectivity index (χ2v) is 8.45. The van der Waals surface area contributed by atoms with Crippen LogP contribution in [0.4, 0.5) is 0 Å². The lowest BCUT2D eigenvalue weighted by Gasteiger charge is -2.02. The summed E-state index contributed by atoms with van der Waals surface area (Å²) in [4.78, 5) is 16.6. The van der Waals surface area contributed by atoms with E-state index < -0.39 is 10.8 Å². The van der Waals surface area contributed by atoms with Crippen molar-refractivity contribution in [3.8, 4) is 11.5 Å². The Hall–Kier alpha value is -2.53. The first-order chi connectivity index (χ1) is 13.5. The smallest absolute Gasteiger partial charge is 0.226 e. The molecule has 0 saturated heterocycles. The van der Waals surface area contributed by atoms with E-state index in [0.717, 1.165) is 18.4 Å². The van der Waals surface area contributed by atoms with E-state index in [0.29, 0.717) is 23.8 Å². The highest BCUT2D eigenvalue weighted by atomic mass is 32.2. The number of oxazole rings is 1. The van der Waals surface area contributed by atoms with E-state index >= 15 is 0 Å². The van der Waals surface area contributed by atoms with Gasteiger partial charge in [-0.2, -0.15) is 0 Å². The molecule has 4 nitrogen and oxygen atoms in total. The van der Waals surface area contributed by atoms with Crippen LogP contribution in [0.3, 0.4) is 0 Å². The minimum Gasteiger partial charge on any atom is -0.441 e. The van der Waals surface area contributed by atoms with Crippen LogP contribution in [0.15, 0.2) is 59.0 Å². The van der Waals surface area contributed by atoms with Gasteiger partial charge in [-0.15, -0.1) is 0 Å². The molecule has 1 unspecified atom stereocenters. The molecule has 3 aromatic rings. The van der Waals surface area contributed by atoms with Gasteiger partial charge in [-0.1, -0.05) is 48.0 Å². The first-order valence-electron chi connectivity index (χ1n) is 9.45. The van der Waals surface area contributed by atoms with Crippen molar-refractivity contribution in [2.45, 2.75) is 38.9 Å². The summed E-state index contributed by atoms with van der Waals surface area (Å²) in [6.45, 7) is 3.84. The van der Waals surface area contributed by atoms with Crippen molar-refractivity contribution in [2.75, 3.05) is 5.75 Å². The molecule has 0 radical (unpaired) electrons. The molecule has 5 heteroatoms. The quantitative estimate of drug-likeness (QED) is 0.522. The molecular weight excluding hydrogens is 370 g/mol. The van der Waals surface area contributed by atoms with Crippen LogP contribution in [0.25, 0.3) is 11.5 Å². The fourth-order valence-corrected chi connectivity index (χ4v) is 4.15. The predicted octanol–water partition coefficient (Wildman–Crippen LogP) is 4.80. The van der Waals surface area contributed by atoms with Gasteiger partial charge in [0.1, 0.15) is 11.5 Å². The normalized spacial score (nSPS) is 12.1. The molecule has 1 heterocycles. The second-order valence-electron chi connectivity index (χ2n) is 6.99. The summed E-state index contributed by atoms with van der Waals surface area (Å²) >= 11 is 0. The lowest BCUT2D eigenvalue weighted by molar-refractivity contribution is -0.116. The molecule has 0 saturated carbocycles. The topological polar surface area (TPSA) is 60.2 Å². The number of hydrogen-bond donors (Lipinski definition) is 0. The molecule has 2 aromatic carbocycles. The standard InChI is InChI=1S/C23H25NO3S/c1-17-11-13-20(14-12-17)23-24-22(18(2)27-23)16-28(26)15-21(25)10-6-9-19-7-4-3-5-8-19/h3-5,7-8,11-14H,6,9-10,15-16H2,1-2H3. The van der Waals surface area contributed by atoms with Crippen LogP contribution >= 0.6 is 0 Å². The Morgan fingerprint density at radius 2 is 1.75 bits per heavy atom. The highest BCUT2D eigenvalue weighted by molar-refractivity contribution is 7.84. The largest absolute Gasteiger partial charge is 0.441 e. The number of aryl methyl sites for hydroxylation is 3. The van der Waals surface area contributed by atoms with Crippen LogP contribution in [0, 0.1) is 13.8 Å². The molecule has 146 valence electrons. The molecule has 0 fully saturated rings. The van der Waals surface area contributed by atoms with Gasteiger partial charge in [-0.25, -0.2) is 4.98 Å². The average Bonchev–Trinajstić information content (AvgIpc) is 3.03. The number of carbonyl (C=O) groups is 1. The SMILES string of the molecule is Cc1ccc(-c2nc(CS(=O)CC(=O)CCCc3ccccc3)c(C)o2)cc1. The summed E-state index contributed by atoms with van der Waals surface area (Å²) in [6.07, 6.45) is 2.09. The highest BCUT2D eigenvalue weighted by Crippen LogP contribution is 2.23. The van der Waals surface area contributed by atoms with Crippen LogP contribution in [-0.4, -0.2) is 20.7 Å².